The van der Waals surface area contributed by atoms with Crippen LogP contribution in [0.2, 0.25) is 0 Å². The number of Topliss-reactive ketones (excluding diaryl/α,β-unsaturated/α-hetero) is 1. The molecule has 5 nitrogen and oxygen atoms in total. The van der Waals surface area contributed by atoms with Gasteiger partial charge < -0.3 is 4.57 Å². The summed E-state index contributed by atoms with van der Waals surface area (Å²) < 4.78 is 3.54. The third kappa shape index (κ3) is 2.74. The van der Waals surface area contributed by atoms with Crippen LogP contribution in [-0.2, 0) is 13.1 Å². The van der Waals surface area contributed by atoms with Gasteiger partial charge >= 0.3 is 0 Å². The van der Waals surface area contributed by atoms with Crippen LogP contribution in [0.25, 0.3) is 10.2 Å². The number of carbonyl (C=O) groups excluding carboxylic acids is 1. The smallest absolute Gasteiger partial charge is 0.262 e. The molecule has 3 rings (SSSR count). The Hall–Kier alpha value is -2.21. The molecular weight excluding hydrogens is 310 g/mol. The first-order valence-corrected chi connectivity index (χ1v) is 8.53. The van der Waals surface area contributed by atoms with E-state index in [9.17, 15) is 9.59 Å². The van der Waals surface area contributed by atoms with Crippen molar-refractivity contribution in [3.63, 3.8) is 0 Å². The Bertz CT molecular complexity index is 933. The fourth-order valence-corrected chi connectivity index (χ4v) is 3.62. The first-order valence-electron chi connectivity index (χ1n) is 7.65. The molecule has 120 valence electrons. The zero-order valence-corrected chi connectivity index (χ0v) is 14.3. The lowest BCUT2D eigenvalue weighted by Crippen LogP contribution is -2.24. The number of aromatic nitrogens is 3. The number of nitrogens with zero attached hydrogens (tertiary/aromatic N) is 3. The number of thiophene rings is 1. The largest absolute Gasteiger partial charge is 0.348 e. The van der Waals surface area contributed by atoms with Crippen LogP contribution in [0, 0.1) is 13.8 Å². The topological polar surface area (TPSA) is 56.9 Å². The third-order valence-corrected chi connectivity index (χ3v) is 4.91. The second kappa shape index (κ2) is 6.12. The summed E-state index contributed by atoms with van der Waals surface area (Å²) in [5, 5.41) is 2.41. The second-order valence-corrected chi connectivity index (χ2v) is 6.57. The molecule has 0 bridgehead atoms. The van der Waals surface area contributed by atoms with Gasteiger partial charge in [0.15, 0.2) is 5.78 Å². The van der Waals surface area contributed by atoms with Crippen molar-refractivity contribution in [2.45, 2.75) is 40.3 Å². The predicted octanol–water partition coefficient (Wildman–Crippen LogP) is 3.17. The van der Waals surface area contributed by atoms with Gasteiger partial charge in [0.1, 0.15) is 4.83 Å². The molecule has 0 N–H and O–H groups in total. The zero-order valence-electron chi connectivity index (χ0n) is 13.5. The van der Waals surface area contributed by atoms with E-state index in [0.29, 0.717) is 15.8 Å². The zero-order chi connectivity index (χ0) is 16.6. The molecule has 3 aromatic heterocycles. The molecular formula is C17H19N3O2S. The van der Waals surface area contributed by atoms with E-state index in [4.69, 9.17) is 0 Å². The average molecular weight is 329 g/mol. The van der Waals surface area contributed by atoms with Gasteiger partial charge in [-0.05, 0) is 37.8 Å². The van der Waals surface area contributed by atoms with Gasteiger partial charge in [0.25, 0.3) is 5.56 Å². The van der Waals surface area contributed by atoms with Crippen LogP contribution in [0.5, 0.6) is 0 Å². The molecule has 3 heterocycles. The SMILES string of the molecule is CCCn1c(C)cc(C(=O)Cn2cnc3sccc3c2=O)c1C. The summed E-state index contributed by atoms with van der Waals surface area (Å²) in [5.41, 5.74) is 2.57. The minimum absolute atomic E-state index is 0.0219. The molecule has 0 atom stereocenters. The number of hydrogen-bond donors (Lipinski definition) is 0. The number of hydrogen-bond acceptors (Lipinski definition) is 4. The van der Waals surface area contributed by atoms with Crippen molar-refractivity contribution >= 4 is 27.3 Å². The summed E-state index contributed by atoms with van der Waals surface area (Å²) in [7, 11) is 0. The second-order valence-electron chi connectivity index (χ2n) is 5.68. The Labute approximate surface area is 138 Å². The van der Waals surface area contributed by atoms with Crippen LogP contribution in [0.15, 0.2) is 28.6 Å². The Morgan fingerprint density at radius 2 is 2.13 bits per heavy atom. The van der Waals surface area contributed by atoms with Crippen molar-refractivity contribution in [1.29, 1.82) is 0 Å². The van der Waals surface area contributed by atoms with Gasteiger partial charge in [-0.3, -0.25) is 14.2 Å². The summed E-state index contributed by atoms with van der Waals surface area (Å²) >= 11 is 1.43. The Kier molecular flexibility index (Phi) is 4.17. The number of ketones is 1. The minimum Gasteiger partial charge on any atom is -0.348 e. The molecule has 0 saturated carbocycles. The summed E-state index contributed by atoms with van der Waals surface area (Å²) in [6.07, 6.45) is 2.48. The van der Waals surface area contributed by atoms with E-state index in [0.717, 1.165) is 24.4 Å². The van der Waals surface area contributed by atoms with Crippen LogP contribution in [0.4, 0.5) is 0 Å². The normalized spacial score (nSPS) is 11.3. The van der Waals surface area contributed by atoms with Crippen LogP contribution in [0.3, 0.4) is 0 Å². The minimum atomic E-state index is -0.160. The van der Waals surface area contributed by atoms with Gasteiger partial charge in [-0.1, -0.05) is 6.92 Å². The molecule has 0 fully saturated rings. The lowest BCUT2D eigenvalue weighted by molar-refractivity contribution is 0.0970. The molecule has 23 heavy (non-hydrogen) atoms. The van der Waals surface area contributed by atoms with Crippen molar-refractivity contribution in [2.24, 2.45) is 0 Å². The van der Waals surface area contributed by atoms with E-state index in [1.807, 2.05) is 25.3 Å². The van der Waals surface area contributed by atoms with E-state index in [-0.39, 0.29) is 17.9 Å². The van der Waals surface area contributed by atoms with Crippen molar-refractivity contribution in [1.82, 2.24) is 14.1 Å². The summed E-state index contributed by atoms with van der Waals surface area (Å²) in [4.78, 5) is 30.0. The molecule has 3 aromatic rings. The van der Waals surface area contributed by atoms with Gasteiger partial charge in [0.2, 0.25) is 0 Å². The first kappa shape index (κ1) is 15.7. The van der Waals surface area contributed by atoms with E-state index in [1.165, 1.54) is 22.2 Å². The number of aryl methyl sites for hydroxylation is 1. The first-order chi connectivity index (χ1) is 11.0. The van der Waals surface area contributed by atoms with Crippen LogP contribution >= 0.6 is 11.3 Å². The molecule has 6 heteroatoms. The molecule has 0 unspecified atom stereocenters. The van der Waals surface area contributed by atoms with Gasteiger partial charge in [-0.15, -0.1) is 11.3 Å². The number of fused-ring (bicyclic) bond motifs is 1. The number of carbonyl (C=O) groups is 1. The van der Waals surface area contributed by atoms with Crippen molar-refractivity contribution in [3.8, 4) is 0 Å². The lowest BCUT2D eigenvalue weighted by Gasteiger charge is -2.08. The highest BCUT2D eigenvalue weighted by molar-refractivity contribution is 7.16. The summed E-state index contributed by atoms with van der Waals surface area (Å²) in [6.45, 7) is 6.99. The highest BCUT2D eigenvalue weighted by Gasteiger charge is 2.17. The molecule has 0 radical (unpaired) electrons. The molecule has 0 amide bonds. The predicted molar refractivity (Wildman–Crippen MR) is 92.4 cm³/mol. The molecule has 0 aliphatic carbocycles. The number of rotatable bonds is 5. The Morgan fingerprint density at radius 3 is 2.87 bits per heavy atom. The van der Waals surface area contributed by atoms with Crippen molar-refractivity contribution < 1.29 is 4.79 Å². The van der Waals surface area contributed by atoms with Crippen molar-refractivity contribution in [3.05, 3.63) is 51.1 Å². The lowest BCUT2D eigenvalue weighted by atomic mass is 10.1. The Morgan fingerprint density at radius 1 is 1.35 bits per heavy atom. The van der Waals surface area contributed by atoms with E-state index in [1.54, 1.807) is 6.07 Å². The standard InChI is InChI=1S/C17H19N3O2S/c1-4-6-20-11(2)8-14(12(20)3)15(21)9-19-10-18-16-13(17(19)22)5-7-23-16/h5,7-8,10H,4,6,9H2,1-3H3. The van der Waals surface area contributed by atoms with E-state index < -0.39 is 0 Å². The fourth-order valence-electron chi connectivity index (χ4n) is 2.90. The maximum absolute atomic E-state index is 12.6. The highest BCUT2D eigenvalue weighted by atomic mass is 32.1. The summed E-state index contributed by atoms with van der Waals surface area (Å²) in [5.74, 6) is -0.0565. The molecule has 0 aliphatic rings. The Balaban J connectivity index is 1.93. The fraction of sp³-hybridized carbons (Fsp3) is 0.353. The van der Waals surface area contributed by atoms with E-state index in [2.05, 4.69) is 16.5 Å². The molecule has 0 spiro atoms. The van der Waals surface area contributed by atoms with Crippen LogP contribution in [-0.4, -0.2) is 19.9 Å². The van der Waals surface area contributed by atoms with E-state index >= 15 is 0 Å². The summed E-state index contributed by atoms with van der Waals surface area (Å²) in [6, 6.07) is 3.67. The van der Waals surface area contributed by atoms with Gasteiger partial charge in [-0.2, -0.15) is 0 Å². The highest BCUT2D eigenvalue weighted by Crippen LogP contribution is 2.17. The molecule has 0 saturated heterocycles. The average Bonchev–Trinajstić information content (AvgIpc) is 3.10. The van der Waals surface area contributed by atoms with Gasteiger partial charge in [0, 0.05) is 23.5 Å². The van der Waals surface area contributed by atoms with Crippen LogP contribution < -0.4 is 5.56 Å². The maximum atomic E-state index is 12.6. The van der Waals surface area contributed by atoms with Crippen molar-refractivity contribution in [2.75, 3.05) is 0 Å². The molecule has 0 aromatic carbocycles. The third-order valence-electron chi connectivity index (χ3n) is 4.09. The molecule has 0 aliphatic heterocycles. The van der Waals surface area contributed by atoms with Crippen LogP contribution in [0.1, 0.15) is 35.1 Å². The quantitative estimate of drug-likeness (QED) is 0.676. The van der Waals surface area contributed by atoms with Gasteiger partial charge in [0.05, 0.1) is 18.3 Å². The maximum Gasteiger partial charge on any atom is 0.262 e. The van der Waals surface area contributed by atoms with Gasteiger partial charge in [-0.25, -0.2) is 4.98 Å². The monoisotopic (exact) mass is 329 g/mol.